The maximum Gasteiger partial charge on any atom is 1.00 e. The van der Waals surface area contributed by atoms with E-state index in [2.05, 4.69) is 29.6 Å². The molecular formula is C6H12N3NaOS. The number of nitrogens with zero attached hydrogens (tertiary/aromatic N) is 2. The fourth-order valence-corrected chi connectivity index (χ4v) is 1.18. The average molecular weight is 197 g/mol. The summed E-state index contributed by atoms with van der Waals surface area (Å²) in [6.45, 7) is 3.68. The van der Waals surface area contributed by atoms with Crippen molar-refractivity contribution in [3.63, 3.8) is 0 Å². The summed E-state index contributed by atoms with van der Waals surface area (Å²) in [5, 5.41) is 11.9. The Labute approximate surface area is 100 Å². The summed E-state index contributed by atoms with van der Waals surface area (Å²) in [6.07, 6.45) is 0. The van der Waals surface area contributed by atoms with E-state index in [-0.39, 0.29) is 29.6 Å². The molecule has 1 aliphatic rings. The maximum atomic E-state index is 10.4. The molecule has 1 heterocycles. The van der Waals surface area contributed by atoms with E-state index in [1.165, 1.54) is 0 Å². The van der Waals surface area contributed by atoms with Crippen molar-refractivity contribution in [1.29, 1.82) is 0 Å². The van der Waals surface area contributed by atoms with Crippen molar-refractivity contribution in [1.82, 2.24) is 15.3 Å². The van der Waals surface area contributed by atoms with Gasteiger partial charge >= 0.3 is 29.6 Å². The second-order valence-corrected chi connectivity index (χ2v) is 3.06. The van der Waals surface area contributed by atoms with Crippen molar-refractivity contribution in [2.24, 2.45) is 0 Å². The molecule has 0 aromatic carbocycles. The van der Waals surface area contributed by atoms with E-state index in [0.717, 1.165) is 26.2 Å². The number of rotatable bonds is 1. The molecule has 0 amide bonds. The van der Waals surface area contributed by atoms with E-state index >= 15 is 0 Å². The Morgan fingerprint density at radius 1 is 1.33 bits per heavy atom. The van der Waals surface area contributed by atoms with Crippen LogP contribution in [0.3, 0.4) is 0 Å². The first kappa shape index (κ1) is 12.6. The molecule has 1 fully saturated rings. The van der Waals surface area contributed by atoms with Crippen LogP contribution in [0, 0.1) is 0 Å². The molecule has 1 saturated heterocycles. The van der Waals surface area contributed by atoms with Crippen LogP contribution in [0.4, 0.5) is 0 Å². The van der Waals surface area contributed by atoms with Crippen LogP contribution in [0.15, 0.2) is 0 Å². The molecule has 64 valence electrons. The van der Waals surface area contributed by atoms with Crippen LogP contribution in [-0.4, -0.2) is 48.3 Å². The molecule has 0 unspecified atom stereocenters. The second-order valence-electron chi connectivity index (χ2n) is 2.69. The molecule has 6 heteroatoms. The van der Waals surface area contributed by atoms with Crippen molar-refractivity contribution in [3.8, 4) is 0 Å². The Bertz CT molecular complexity index is 150. The van der Waals surface area contributed by atoms with Crippen molar-refractivity contribution in [2.75, 3.05) is 33.2 Å². The van der Waals surface area contributed by atoms with Gasteiger partial charge in [0.25, 0.3) is 0 Å². The number of hydrogen-bond acceptors (Lipinski definition) is 4. The van der Waals surface area contributed by atoms with Crippen LogP contribution in [0.5, 0.6) is 0 Å². The molecule has 4 nitrogen and oxygen atoms in total. The predicted molar refractivity (Wildman–Crippen MR) is 44.8 cm³/mol. The summed E-state index contributed by atoms with van der Waals surface area (Å²) in [4.78, 5) is 2.21. The molecule has 1 rings (SSSR count). The molecule has 0 radical (unpaired) electrons. The first-order valence-electron chi connectivity index (χ1n) is 3.59. The van der Waals surface area contributed by atoms with Gasteiger partial charge in [0, 0.05) is 31.4 Å². The third-order valence-corrected chi connectivity index (χ3v) is 1.84. The van der Waals surface area contributed by atoms with Gasteiger partial charge in [-0.25, -0.2) is 5.01 Å². The van der Waals surface area contributed by atoms with Gasteiger partial charge in [0.2, 0.25) is 0 Å². The minimum Gasteiger partial charge on any atom is -0.851 e. The minimum absolute atomic E-state index is 0. The van der Waals surface area contributed by atoms with Crippen LogP contribution < -0.4 is 40.1 Å². The molecular weight excluding hydrogens is 185 g/mol. The summed E-state index contributed by atoms with van der Waals surface area (Å²) >= 11 is 4.38. The van der Waals surface area contributed by atoms with Gasteiger partial charge in [-0.15, -0.1) is 0 Å². The number of piperazine rings is 1. The van der Waals surface area contributed by atoms with Gasteiger partial charge in [0.15, 0.2) is 0 Å². The second kappa shape index (κ2) is 6.12. The molecule has 12 heavy (non-hydrogen) atoms. The van der Waals surface area contributed by atoms with Gasteiger partial charge < -0.3 is 15.4 Å². The van der Waals surface area contributed by atoms with Gasteiger partial charge in [-0.05, 0) is 7.05 Å². The van der Waals surface area contributed by atoms with Crippen molar-refractivity contribution >= 4 is 17.4 Å². The average Bonchev–Trinajstić information content (AvgIpc) is 1.93. The maximum absolute atomic E-state index is 10.4. The number of hydrazine groups is 1. The summed E-state index contributed by atoms with van der Waals surface area (Å²) in [7, 11) is 2.06. The van der Waals surface area contributed by atoms with E-state index in [1.54, 1.807) is 0 Å². The van der Waals surface area contributed by atoms with Gasteiger partial charge in [-0.1, -0.05) is 12.2 Å². The minimum atomic E-state index is -0.394. The zero-order valence-electron chi connectivity index (χ0n) is 7.54. The summed E-state index contributed by atoms with van der Waals surface area (Å²) in [5.41, 5.74) is 2.58. The molecule has 1 aliphatic heterocycles. The van der Waals surface area contributed by atoms with Crippen LogP contribution in [0.1, 0.15) is 0 Å². The van der Waals surface area contributed by atoms with Crippen LogP contribution in [0.25, 0.3) is 0 Å². The fraction of sp³-hybridized carbons (Fsp3) is 0.833. The van der Waals surface area contributed by atoms with Gasteiger partial charge in [-0.2, -0.15) is 0 Å². The normalized spacial score (nSPS) is 19.8. The van der Waals surface area contributed by atoms with E-state index in [9.17, 15) is 5.11 Å². The summed E-state index contributed by atoms with van der Waals surface area (Å²) < 4.78 is 0. The third-order valence-electron chi connectivity index (χ3n) is 1.75. The Morgan fingerprint density at radius 2 is 1.83 bits per heavy atom. The monoisotopic (exact) mass is 197 g/mol. The number of thiocarbonyl (C=S) groups is 1. The van der Waals surface area contributed by atoms with E-state index in [1.807, 2.05) is 5.01 Å². The molecule has 0 spiro atoms. The zero-order chi connectivity index (χ0) is 8.27. The molecule has 0 aliphatic carbocycles. The Hall–Kier alpha value is 0.610. The van der Waals surface area contributed by atoms with E-state index in [4.69, 9.17) is 0 Å². The zero-order valence-corrected chi connectivity index (χ0v) is 10.4. The van der Waals surface area contributed by atoms with Crippen molar-refractivity contribution in [2.45, 2.75) is 0 Å². The molecule has 0 aromatic heterocycles. The number of nitrogens with one attached hydrogen (secondary N) is 1. The smallest absolute Gasteiger partial charge is 0.851 e. The molecule has 0 bridgehead atoms. The van der Waals surface area contributed by atoms with Gasteiger partial charge in [-0.3, -0.25) is 0 Å². The van der Waals surface area contributed by atoms with Gasteiger partial charge in [0.1, 0.15) is 0 Å². The molecule has 0 aromatic rings. The number of hydrogen-bond donors (Lipinski definition) is 1. The fourth-order valence-electron chi connectivity index (χ4n) is 1.05. The first-order valence-corrected chi connectivity index (χ1v) is 4.00. The van der Waals surface area contributed by atoms with Crippen molar-refractivity contribution < 1.29 is 34.7 Å². The van der Waals surface area contributed by atoms with Crippen LogP contribution >= 0.6 is 12.2 Å². The van der Waals surface area contributed by atoms with Crippen LogP contribution in [0.2, 0.25) is 0 Å². The first-order chi connectivity index (χ1) is 5.18. The third kappa shape index (κ3) is 4.59. The molecule has 0 saturated carbocycles. The SMILES string of the molecule is CN1CCN(NC([O-])=S)CC1.[Na+]. The topological polar surface area (TPSA) is 41.6 Å². The standard InChI is InChI=1S/C6H13N3OS.Na/c1-8-2-4-9(5-3-8)7-6(10)11;/h2-5H2,1H3,(H2,7,10,11);/q;+1/p-1. The van der Waals surface area contributed by atoms with Gasteiger partial charge in [0.05, 0.1) is 0 Å². The van der Waals surface area contributed by atoms with E-state index < -0.39 is 5.17 Å². The Balaban J connectivity index is 0.00000121. The summed E-state index contributed by atoms with van der Waals surface area (Å²) in [6, 6.07) is 0. The molecule has 1 N–H and O–H groups in total. The molecule has 0 atom stereocenters. The van der Waals surface area contributed by atoms with Crippen LogP contribution in [-0.2, 0) is 0 Å². The largest absolute Gasteiger partial charge is 1.00 e. The number of likely N-dealkylation sites (N-methyl/N-ethyl adjacent to an activating group) is 1. The Morgan fingerprint density at radius 3 is 2.25 bits per heavy atom. The quantitative estimate of drug-likeness (QED) is 0.338. The van der Waals surface area contributed by atoms with E-state index in [0.29, 0.717) is 0 Å². The Kier molecular flexibility index (Phi) is 6.43. The predicted octanol–water partition coefficient (Wildman–Crippen LogP) is -4.61. The van der Waals surface area contributed by atoms with Crippen molar-refractivity contribution in [3.05, 3.63) is 0 Å². The summed E-state index contributed by atoms with van der Waals surface area (Å²) in [5.74, 6) is 0.